The van der Waals surface area contributed by atoms with E-state index in [9.17, 15) is 4.39 Å². The van der Waals surface area contributed by atoms with Crippen LogP contribution in [-0.4, -0.2) is 79.7 Å². The van der Waals surface area contributed by atoms with Crippen molar-refractivity contribution < 1.29 is 18.6 Å². The Morgan fingerprint density at radius 1 is 1.09 bits per heavy atom. The largest absolute Gasteiger partial charge is 0.486 e. The van der Waals surface area contributed by atoms with Gasteiger partial charge in [-0.25, -0.2) is 9.07 Å². The van der Waals surface area contributed by atoms with Gasteiger partial charge < -0.3 is 24.4 Å². The van der Waals surface area contributed by atoms with Crippen molar-refractivity contribution in [3.63, 3.8) is 0 Å². The number of allylic oxidation sites excluding steroid dienone is 2. The Kier molecular flexibility index (Phi) is 10.0. The molecule has 1 aliphatic carbocycles. The van der Waals surface area contributed by atoms with Crippen molar-refractivity contribution in [2.45, 2.75) is 96.6 Å². The van der Waals surface area contributed by atoms with Gasteiger partial charge in [-0.05, 0) is 74.3 Å². The van der Waals surface area contributed by atoms with E-state index in [0.717, 1.165) is 84.0 Å². The summed E-state index contributed by atoms with van der Waals surface area (Å²) in [5.41, 5.74) is 5.60. The zero-order valence-corrected chi connectivity index (χ0v) is 32.5. The average molecular weight is 760 g/mol. The molecule has 0 radical (unpaired) electrons. The van der Waals surface area contributed by atoms with Crippen LogP contribution in [-0.2, 0) is 11.3 Å². The number of piperazine rings is 1. The number of fused-ring (bicyclic) bond motifs is 3. The molecule has 4 fully saturated rings. The number of nitrogens with zero attached hydrogens (tertiary/aromatic N) is 7. The van der Waals surface area contributed by atoms with Crippen molar-refractivity contribution in [3.8, 4) is 23.0 Å². The maximum Gasteiger partial charge on any atom is 0.319 e. The Labute approximate surface area is 325 Å². The maximum absolute atomic E-state index is 14.6. The third-order valence-electron chi connectivity index (χ3n) is 11.8. The molecular formula is C43H50FN9O3. The summed E-state index contributed by atoms with van der Waals surface area (Å²) in [4.78, 5) is 12.8. The Morgan fingerprint density at radius 2 is 1.91 bits per heavy atom. The van der Waals surface area contributed by atoms with E-state index in [1.807, 2.05) is 10.9 Å². The van der Waals surface area contributed by atoms with E-state index in [-0.39, 0.29) is 18.0 Å². The van der Waals surface area contributed by atoms with Gasteiger partial charge in [-0.1, -0.05) is 49.4 Å². The van der Waals surface area contributed by atoms with E-state index < -0.39 is 0 Å². The Balaban J connectivity index is 1.17. The molecule has 4 aliphatic rings. The third-order valence-corrected chi connectivity index (χ3v) is 11.8. The number of ether oxygens (including phenoxy) is 3. The van der Waals surface area contributed by atoms with E-state index in [1.165, 1.54) is 17.7 Å². The lowest BCUT2D eigenvalue weighted by atomic mass is 9.97. The molecule has 12 nitrogen and oxygen atoms in total. The highest BCUT2D eigenvalue weighted by Crippen LogP contribution is 2.48. The molecule has 2 aromatic carbocycles. The van der Waals surface area contributed by atoms with Crippen molar-refractivity contribution in [2.24, 2.45) is 5.92 Å². The predicted molar refractivity (Wildman–Crippen MR) is 214 cm³/mol. The van der Waals surface area contributed by atoms with Crippen molar-refractivity contribution in [3.05, 3.63) is 81.9 Å². The van der Waals surface area contributed by atoms with Gasteiger partial charge in [0.1, 0.15) is 35.6 Å². The molecule has 3 atom stereocenters. The number of aromatic amines is 1. The molecular weight excluding hydrogens is 710 g/mol. The van der Waals surface area contributed by atoms with Crippen LogP contribution in [0, 0.1) is 5.92 Å². The molecule has 3 aromatic heterocycles. The van der Waals surface area contributed by atoms with Crippen molar-refractivity contribution >= 4 is 28.9 Å². The quantitative estimate of drug-likeness (QED) is 0.159. The van der Waals surface area contributed by atoms with Crippen LogP contribution >= 0.6 is 0 Å². The summed E-state index contributed by atoms with van der Waals surface area (Å²) < 4.78 is 35.7. The van der Waals surface area contributed by atoms with Gasteiger partial charge in [-0.2, -0.15) is 15.1 Å². The average Bonchev–Trinajstić information content (AvgIpc) is 3.55. The molecule has 3 aliphatic heterocycles. The Morgan fingerprint density at radius 3 is 2.62 bits per heavy atom. The Bertz CT molecular complexity index is 2360. The minimum Gasteiger partial charge on any atom is -0.486 e. The van der Waals surface area contributed by atoms with Gasteiger partial charge in [-0.15, -0.1) is 5.10 Å². The fourth-order valence-electron chi connectivity index (χ4n) is 8.05. The molecule has 3 saturated heterocycles. The van der Waals surface area contributed by atoms with E-state index in [2.05, 4.69) is 87.9 Å². The normalized spacial score (nSPS) is 21.5. The van der Waals surface area contributed by atoms with Crippen molar-refractivity contribution in [1.82, 2.24) is 40.5 Å². The fourth-order valence-corrected chi connectivity index (χ4v) is 8.05. The molecule has 1 saturated carbocycles. The summed E-state index contributed by atoms with van der Waals surface area (Å²) in [6.45, 7) is 11.6. The monoisotopic (exact) mass is 759 g/mol. The second-order valence-corrected chi connectivity index (χ2v) is 16.0. The molecule has 13 heteroatoms. The number of anilines is 1. The third kappa shape index (κ3) is 7.41. The summed E-state index contributed by atoms with van der Waals surface area (Å²) >= 11 is 0. The van der Waals surface area contributed by atoms with Crippen LogP contribution in [0.4, 0.5) is 10.2 Å². The minimum atomic E-state index is -0.344. The molecule has 3 unspecified atom stereocenters. The standard InChI is InChI=1S/C43H50FN9O3/c1-5-31(44)17-38-30(20-46-49-38)16-36-35(28-10-11-28)19-37-40(41(36)55-24-27-6-8-29(9-7-27)39-23-53(51-50-39)26(4)25(2)3)47-43(56-34-12-14-54-15-13-34)48-42(37)52-22-32-18-33(52)21-45-32/h5-9,16-17,19-20,23,25-26,28,32-34,45,49H,10-15,18,21-22,24H2,1-4H3/b30-16+,31-5-,38-17+. The predicted octanol–water partition coefficient (Wildman–Crippen LogP) is 5.88. The number of benzene rings is 2. The van der Waals surface area contributed by atoms with Gasteiger partial charge in [0.15, 0.2) is 5.75 Å². The van der Waals surface area contributed by atoms with Gasteiger partial charge in [-0.3, -0.25) is 5.10 Å². The minimum absolute atomic E-state index is 0.0360. The zero-order valence-electron chi connectivity index (χ0n) is 32.5. The molecule has 292 valence electrons. The molecule has 2 bridgehead atoms. The fraction of sp³-hybridized carbons (Fsp3) is 0.465. The van der Waals surface area contributed by atoms with E-state index in [4.69, 9.17) is 24.2 Å². The van der Waals surface area contributed by atoms with Crippen LogP contribution in [0.5, 0.6) is 11.8 Å². The highest BCUT2D eigenvalue weighted by Gasteiger charge is 2.40. The number of hydrogen-bond acceptors (Lipinski definition) is 10. The summed E-state index contributed by atoms with van der Waals surface area (Å²) in [6, 6.07) is 11.9. The SMILES string of the molecule is C/C=C(F)/C=c1/[nH]nc/c1=C\c1c(C2CC2)cc2c(N3CC4CC3CN4)nc(OC3CCOCC3)nc2c1OCc1ccc(-c2cn(C(C)C(C)C)nn2)cc1. The highest BCUT2D eigenvalue weighted by molar-refractivity contribution is 5.98. The van der Waals surface area contributed by atoms with Crippen LogP contribution in [0.1, 0.15) is 88.4 Å². The second-order valence-electron chi connectivity index (χ2n) is 16.0. The lowest BCUT2D eigenvalue weighted by molar-refractivity contribution is 0.0219. The van der Waals surface area contributed by atoms with Gasteiger partial charge in [0.2, 0.25) is 0 Å². The number of halogens is 1. The molecule has 2 N–H and O–H groups in total. The van der Waals surface area contributed by atoms with Crippen molar-refractivity contribution in [1.29, 1.82) is 0 Å². The van der Waals surface area contributed by atoms with Crippen LogP contribution in [0.25, 0.3) is 34.3 Å². The lowest BCUT2D eigenvalue weighted by Gasteiger charge is -2.30. The first-order valence-corrected chi connectivity index (χ1v) is 20.1. The molecule has 5 aromatic rings. The first-order chi connectivity index (χ1) is 27.3. The zero-order chi connectivity index (χ0) is 38.3. The van der Waals surface area contributed by atoms with Crippen LogP contribution in [0.15, 0.2) is 54.6 Å². The number of nitrogens with one attached hydrogen (secondary N) is 2. The van der Waals surface area contributed by atoms with E-state index in [0.29, 0.717) is 66.4 Å². The summed E-state index contributed by atoms with van der Waals surface area (Å²) in [7, 11) is 0. The first-order valence-electron chi connectivity index (χ1n) is 20.1. The lowest BCUT2D eigenvalue weighted by Crippen LogP contribution is -2.44. The van der Waals surface area contributed by atoms with Gasteiger partial charge in [0.05, 0.1) is 37.0 Å². The van der Waals surface area contributed by atoms with Crippen molar-refractivity contribution in [2.75, 3.05) is 31.2 Å². The number of hydrogen-bond donors (Lipinski definition) is 2. The molecule has 0 spiro atoms. The van der Waals surface area contributed by atoms with Gasteiger partial charge in [0.25, 0.3) is 0 Å². The van der Waals surface area contributed by atoms with Crippen LogP contribution < -0.4 is 30.3 Å². The van der Waals surface area contributed by atoms with Crippen LogP contribution in [0.2, 0.25) is 0 Å². The summed E-state index contributed by atoms with van der Waals surface area (Å²) in [5, 5.41) is 22.1. The van der Waals surface area contributed by atoms with Crippen LogP contribution in [0.3, 0.4) is 0 Å². The molecule has 0 amide bonds. The molecule has 56 heavy (non-hydrogen) atoms. The first kappa shape index (κ1) is 36.5. The number of aromatic nitrogens is 7. The number of rotatable bonds is 12. The smallest absolute Gasteiger partial charge is 0.319 e. The van der Waals surface area contributed by atoms with Gasteiger partial charge in [0, 0.05) is 59.7 Å². The second kappa shape index (κ2) is 15.4. The summed E-state index contributed by atoms with van der Waals surface area (Å²) in [5.74, 6) is 2.00. The summed E-state index contributed by atoms with van der Waals surface area (Å²) in [6.07, 6.45) is 13.5. The molecule has 9 rings (SSSR count). The van der Waals surface area contributed by atoms with E-state index >= 15 is 0 Å². The maximum atomic E-state index is 14.6. The highest BCUT2D eigenvalue weighted by atomic mass is 19.1. The van der Waals surface area contributed by atoms with E-state index in [1.54, 1.807) is 13.1 Å². The van der Waals surface area contributed by atoms with Gasteiger partial charge >= 0.3 is 6.01 Å². The Hall–Kier alpha value is -5.14. The topological polar surface area (TPSA) is 128 Å². The molecule has 6 heterocycles. The number of H-pyrrole nitrogens is 1.